The minimum absolute atomic E-state index is 0.177. The minimum Gasteiger partial charge on any atom is -0.324 e. The van der Waals surface area contributed by atoms with Crippen LogP contribution in [0.15, 0.2) is 42.5 Å². The maximum absolute atomic E-state index is 13.5. The summed E-state index contributed by atoms with van der Waals surface area (Å²) >= 11 is 0. The summed E-state index contributed by atoms with van der Waals surface area (Å²) in [7, 11) is 0. The van der Waals surface area contributed by atoms with Crippen molar-refractivity contribution in [2.75, 3.05) is 5.32 Å². The van der Waals surface area contributed by atoms with E-state index in [-0.39, 0.29) is 18.2 Å². The number of aromatic nitrogens is 4. The Morgan fingerprint density at radius 3 is 2.62 bits per heavy atom. The van der Waals surface area contributed by atoms with E-state index in [0.29, 0.717) is 16.8 Å². The summed E-state index contributed by atoms with van der Waals surface area (Å²) in [5, 5.41) is 14.2. The lowest BCUT2D eigenvalue weighted by Gasteiger charge is -2.05. The fourth-order valence-electron chi connectivity index (χ4n) is 2.02. The first kappa shape index (κ1) is 15.7. The fourth-order valence-corrected chi connectivity index (χ4v) is 2.02. The van der Waals surface area contributed by atoms with Crippen LogP contribution in [-0.2, 0) is 11.3 Å². The molecule has 0 aliphatic carbocycles. The molecule has 0 bridgehead atoms. The molecule has 0 saturated carbocycles. The first-order chi connectivity index (χ1) is 11.5. The van der Waals surface area contributed by atoms with Gasteiger partial charge in [-0.3, -0.25) is 4.79 Å². The molecule has 0 spiro atoms. The zero-order valence-electron chi connectivity index (χ0n) is 12.7. The second kappa shape index (κ2) is 6.53. The third-order valence-electron chi connectivity index (χ3n) is 3.30. The molecule has 24 heavy (non-hydrogen) atoms. The number of tetrazole rings is 1. The van der Waals surface area contributed by atoms with Gasteiger partial charge in [-0.1, -0.05) is 6.07 Å². The van der Waals surface area contributed by atoms with Crippen LogP contribution in [0.5, 0.6) is 0 Å². The Morgan fingerprint density at radius 1 is 1.17 bits per heavy atom. The Labute approximate surface area is 136 Å². The second-order valence-electron chi connectivity index (χ2n) is 5.16. The number of amides is 1. The van der Waals surface area contributed by atoms with Gasteiger partial charge in [0.05, 0.1) is 0 Å². The molecule has 0 fully saturated rings. The van der Waals surface area contributed by atoms with Gasteiger partial charge in [-0.2, -0.15) is 4.80 Å². The number of carbonyl (C=O) groups is 1. The third-order valence-corrected chi connectivity index (χ3v) is 3.30. The highest BCUT2D eigenvalue weighted by Crippen LogP contribution is 2.15. The van der Waals surface area contributed by atoms with E-state index in [4.69, 9.17) is 0 Å². The number of nitrogens with one attached hydrogen (secondary N) is 1. The van der Waals surface area contributed by atoms with Crippen LogP contribution < -0.4 is 5.32 Å². The van der Waals surface area contributed by atoms with Gasteiger partial charge in [0.25, 0.3) is 0 Å². The Hall–Kier alpha value is -3.16. The molecule has 3 aromatic rings. The molecular formula is C16H13F2N5O. The highest BCUT2D eigenvalue weighted by atomic mass is 19.1. The number of benzene rings is 2. The molecule has 0 aliphatic rings. The summed E-state index contributed by atoms with van der Waals surface area (Å²) in [6, 6.07) is 10.0. The third kappa shape index (κ3) is 3.60. The van der Waals surface area contributed by atoms with E-state index in [2.05, 4.69) is 20.7 Å². The van der Waals surface area contributed by atoms with Crippen molar-refractivity contribution in [1.29, 1.82) is 0 Å². The van der Waals surface area contributed by atoms with E-state index in [1.54, 1.807) is 19.1 Å². The molecule has 2 aromatic carbocycles. The Balaban J connectivity index is 1.66. The Kier molecular flexibility index (Phi) is 4.28. The van der Waals surface area contributed by atoms with Gasteiger partial charge < -0.3 is 5.32 Å². The summed E-state index contributed by atoms with van der Waals surface area (Å²) in [4.78, 5) is 13.1. The van der Waals surface area contributed by atoms with Gasteiger partial charge in [-0.15, -0.1) is 10.2 Å². The van der Waals surface area contributed by atoms with E-state index < -0.39 is 11.7 Å². The molecule has 0 saturated heterocycles. The lowest BCUT2D eigenvalue weighted by Crippen LogP contribution is -2.20. The first-order valence-corrected chi connectivity index (χ1v) is 7.11. The Morgan fingerprint density at radius 2 is 1.92 bits per heavy atom. The highest BCUT2D eigenvalue weighted by molar-refractivity contribution is 5.90. The smallest absolute Gasteiger partial charge is 0.248 e. The lowest BCUT2D eigenvalue weighted by atomic mass is 10.2. The van der Waals surface area contributed by atoms with Crippen molar-refractivity contribution in [1.82, 2.24) is 20.2 Å². The molecule has 122 valence electrons. The number of hydrogen-bond donors (Lipinski definition) is 1. The number of nitrogens with zero attached hydrogens (tertiary/aromatic N) is 4. The van der Waals surface area contributed by atoms with Crippen LogP contribution >= 0.6 is 0 Å². The number of aryl methyl sites for hydroxylation is 1. The molecule has 8 heteroatoms. The van der Waals surface area contributed by atoms with Crippen molar-refractivity contribution in [2.45, 2.75) is 13.5 Å². The highest BCUT2D eigenvalue weighted by Gasteiger charge is 2.10. The average Bonchev–Trinajstić information content (AvgIpc) is 3.00. The molecule has 0 unspecified atom stereocenters. The van der Waals surface area contributed by atoms with Crippen molar-refractivity contribution in [3.63, 3.8) is 0 Å². The van der Waals surface area contributed by atoms with Gasteiger partial charge in [0.2, 0.25) is 11.7 Å². The summed E-state index contributed by atoms with van der Waals surface area (Å²) in [6.45, 7) is 1.46. The van der Waals surface area contributed by atoms with Crippen molar-refractivity contribution in [3.05, 3.63) is 59.7 Å². The van der Waals surface area contributed by atoms with Crippen molar-refractivity contribution < 1.29 is 13.6 Å². The largest absolute Gasteiger partial charge is 0.324 e. The predicted octanol–water partition coefficient (Wildman–Crippen LogP) is 2.57. The fraction of sp³-hybridized carbons (Fsp3) is 0.125. The molecule has 0 aliphatic heterocycles. The predicted molar refractivity (Wildman–Crippen MR) is 83.0 cm³/mol. The number of hydrogen-bond acceptors (Lipinski definition) is 4. The molecule has 6 nitrogen and oxygen atoms in total. The molecule has 1 N–H and O–H groups in total. The van der Waals surface area contributed by atoms with Gasteiger partial charge >= 0.3 is 0 Å². The summed E-state index contributed by atoms with van der Waals surface area (Å²) < 4.78 is 26.4. The van der Waals surface area contributed by atoms with Crippen LogP contribution in [0.4, 0.5) is 14.5 Å². The van der Waals surface area contributed by atoms with Crippen LogP contribution in [0.2, 0.25) is 0 Å². The lowest BCUT2D eigenvalue weighted by molar-refractivity contribution is -0.117. The first-order valence-electron chi connectivity index (χ1n) is 7.11. The Bertz CT molecular complexity index is 876. The van der Waals surface area contributed by atoms with Gasteiger partial charge in [-0.05, 0) is 54.1 Å². The maximum atomic E-state index is 13.5. The number of rotatable bonds is 4. The van der Waals surface area contributed by atoms with Gasteiger partial charge in [0, 0.05) is 11.3 Å². The van der Waals surface area contributed by atoms with Crippen LogP contribution in [0.25, 0.3) is 11.4 Å². The quantitative estimate of drug-likeness (QED) is 0.798. The van der Waals surface area contributed by atoms with Crippen molar-refractivity contribution in [3.8, 4) is 11.4 Å². The topological polar surface area (TPSA) is 72.7 Å². The number of anilines is 1. The summed E-state index contributed by atoms with van der Waals surface area (Å²) in [6.07, 6.45) is 0. The standard InChI is InChI=1S/C16H13F2N5O/c1-10-2-7-13(8-14(10)18)19-15(24)9-23-21-16(20-22-23)11-3-5-12(17)6-4-11/h2-8H,9H2,1H3,(H,19,24). The second-order valence-corrected chi connectivity index (χ2v) is 5.16. The van der Waals surface area contributed by atoms with Crippen LogP contribution in [0.1, 0.15) is 5.56 Å². The molecule has 1 heterocycles. The average molecular weight is 329 g/mol. The minimum atomic E-state index is -0.415. The molecule has 0 atom stereocenters. The van der Waals surface area contributed by atoms with E-state index in [0.717, 1.165) is 4.80 Å². The molecule has 1 amide bonds. The zero-order chi connectivity index (χ0) is 17.1. The maximum Gasteiger partial charge on any atom is 0.248 e. The number of halogens is 2. The van der Waals surface area contributed by atoms with Crippen LogP contribution in [0.3, 0.4) is 0 Å². The van der Waals surface area contributed by atoms with E-state index in [1.807, 2.05) is 0 Å². The van der Waals surface area contributed by atoms with Crippen LogP contribution in [-0.4, -0.2) is 26.1 Å². The zero-order valence-corrected chi connectivity index (χ0v) is 12.7. The molecule has 0 radical (unpaired) electrons. The van der Waals surface area contributed by atoms with E-state index in [1.165, 1.54) is 30.3 Å². The summed E-state index contributed by atoms with van der Waals surface area (Å²) in [5.41, 5.74) is 1.43. The van der Waals surface area contributed by atoms with Gasteiger partial charge in [0.15, 0.2) is 0 Å². The molecular weight excluding hydrogens is 316 g/mol. The van der Waals surface area contributed by atoms with E-state index >= 15 is 0 Å². The molecule has 3 rings (SSSR count). The van der Waals surface area contributed by atoms with Gasteiger partial charge in [0.1, 0.15) is 18.2 Å². The normalized spacial score (nSPS) is 10.6. The van der Waals surface area contributed by atoms with Crippen LogP contribution in [0, 0.1) is 18.6 Å². The van der Waals surface area contributed by atoms with E-state index in [9.17, 15) is 13.6 Å². The monoisotopic (exact) mass is 329 g/mol. The molecule has 1 aromatic heterocycles. The van der Waals surface area contributed by atoms with Crippen molar-refractivity contribution >= 4 is 11.6 Å². The summed E-state index contributed by atoms with van der Waals surface area (Å²) in [5.74, 6) is -0.897. The number of carbonyl (C=O) groups excluding carboxylic acids is 1. The SMILES string of the molecule is Cc1ccc(NC(=O)Cn2nnc(-c3ccc(F)cc3)n2)cc1F. The van der Waals surface area contributed by atoms with Crippen molar-refractivity contribution in [2.24, 2.45) is 0 Å². The van der Waals surface area contributed by atoms with Gasteiger partial charge in [-0.25, -0.2) is 8.78 Å².